The molecule has 2 amide bonds. The molecule has 1 aromatic heterocycles. The Labute approximate surface area is 165 Å². The molecule has 2 heterocycles. The Kier molecular flexibility index (Phi) is 6.97. The van der Waals surface area contributed by atoms with Gasteiger partial charge in [0.2, 0.25) is 0 Å². The third kappa shape index (κ3) is 5.79. The average Bonchev–Trinajstić information content (AvgIpc) is 2.74. The number of anilines is 1. The molecule has 2 aromatic rings. The van der Waals surface area contributed by atoms with E-state index in [4.69, 9.17) is 4.74 Å². The number of methoxy groups -OCH3 is 1. The van der Waals surface area contributed by atoms with Gasteiger partial charge < -0.3 is 15.4 Å². The summed E-state index contributed by atoms with van der Waals surface area (Å²) >= 11 is 0. The number of piperidine rings is 1. The van der Waals surface area contributed by atoms with Gasteiger partial charge in [0.15, 0.2) is 0 Å². The van der Waals surface area contributed by atoms with E-state index in [2.05, 4.69) is 20.5 Å². The largest absolute Gasteiger partial charge is 0.497 e. The quantitative estimate of drug-likeness (QED) is 0.747. The predicted molar refractivity (Wildman–Crippen MR) is 107 cm³/mol. The molecule has 28 heavy (non-hydrogen) atoms. The van der Waals surface area contributed by atoms with E-state index < -0.39 is 11.8 Å². The minimum Gasteiger partial charge on any atom is -0.497 e. The second kappa shape index (κ2) is 9.85. The molecule has 7 nitrogen and oxygen atoms in total. The summed E-state index contributed by atoms with van der Waals surface area (Å²) in [5.74, 6) is -0.181. The first-order valence-corrected chi connectivity index (χ1v) is 9.49. The first-order valence-electron chi connectivity index (χ1n) is 9.49. The number of rotatable bonds is 6. The van der Waals surface area contributed by atoms with E-state index in [1.165, 1.54) is 0 Å². The number of nitrogens with one attached hydrogen (secondary N) is 2. The van der Waals surface area contributed by atoms with Crippen molar-refractivity contribution < 1.29 is 14.3 Å². The molecule has 1 aliphatic heterocycles. The zero-order valence-corrected chi connectivity index (χ0v) is 16.1. The Hall–Kier alpha value is -2.93. The van der Waals surface area contributed by atoms with Crippen LogP contribution in [0.1, 0.15) is 18.5 Å². The number of nitrogens with zero attached hydrogens (tertiary/aromatic N) is 2. The molecular formula is C21H26N4O3. The maximum absolute atomic E-state index is 12.1. The van der Waals surface area contributed by atoms with Crippen molar-refractivity contribution in [3.63, 3.8) is 0 Å². The molecule has 1 fully saturated rings. The van der Waals surface area contributed by atoms with Crippen LogP contribution in [0.25, 0.3) is 0 Å². The second-order valence-electron chi connectivity index (χ2n) is 6.93. The van der Waals surface area contributed by atoms with Crippen LogP contribution in [0.4, 0.5) is 5.69 Å². The molecule has 3 rings (SSSR count). The number of hydrogen-bond acceptors (Lipinski definition) is 5. The van der Waals surface area contributed by atoms with Crippen LogP contribution in [0, 0.1) is 5.92 Å². The molecule has 1 aliphatic rings. The lowest BCUT2D eigenvalue weighted by Gasteiger charge is -2.31. The number of carbonyl (C=O) groups excluding carboxylic acids is 2. The first kappa shape index (κ1) is 19.8. The SMILES string of the molecule is COc1ccc(NC(=O)C(=O)NCC2CCN(Cc3ccccn3)CC2)cc1. The summed E-state index contributed by atoms with van der Waals surface area (Å²) in [6.07, 6.45) is 3.80. The van der Waals surface area contributed by atoms with Crippen LogP contribution >= 0.6 is 0 Å². The molecule has 0 spiro atoms. The molecule has 1 saturated heterocycles. The molecule has 0 radical (unpaired) electrons. The predicted octanol–water partition coefficient (Wildman–Crippen LogP) is 2.06. The van der Waals surface area contributed by atoms with Crippen LogP contribution in [0.15, 0.2) is 48.7 Å². The molecule has 0 unspecified atom stereocenters. The molecule has 1 aromatic carbocycles. The standard InChI is InChI=1S/C21H26N4O3/c1-28-19-7-5-17(6-8-19)24-21(27)20(26)23-14-16-9-12-25(13-10-16)15-18-4-2-3-11-22-18/h2-8,11,16H,9-10,12-15H2,1H3,(H,23,26)(H,24,27). The van der Waals surface area contributed by atoms with Crippen molar-refractivity contribution in [3.05, 3.63) is 54.4 Å². The van der Waals surface area contributed by atoms with Crippen molar-refractivity contribution >= 4 is 17.5 Å². The van der Waals surface area contributed by atoms with E-state index in [9.17, 15) is 9.59 Å². The minimum absolute atomic E-state index is 0.387. The Morgan fingerprint density at radius 3 is 2.50 bits per heavy atom. The number of ether oxygens (including phenoxy) is 1. The average molecular weight is 382 g/mol. The zero-order chi connectivity index (χ0) is 19.8. The minimum atomic E-state index is -0.655. The van der Waals surface area contributed by atoms with Crippen molar-refractivity contribution in [2.45, 2.75) is 19.4 Å². The van der Waals surface area contributed by atoms with Crippen molar-refractivity contribution in [2.75, 3.05) is 32.1 Å². The molecular weight excluding hydrogens is 356 g/mol. The van der Waals surface area contributed by atoms with E-state index in [-0.39, 0.29) is 0 Å². The molecule has 148 valence electrons. The zero-order valence-electron chi connectivity index (χ0n) is 16.1. The van der Waals surface area contributed by atoms with E-state index >= 15 is 0 Å². The number of hydrogen-bond donors (Lipinski definition) is 2. The van der Waals surface area contributed by atoms with Gasteiger partial charge >= 0.3 is 11.8 Å². The fraction of sp³-hybridized carbons (Fsp3) is 0.381. The highest BCUT2D eigenvalue weighted by Crippen LogP contribution is 2.18. The number of likely N-dealkylation sites (tertiary alicyclic amines) is 1. The summed E-state index contributed by atoms with van der Waals surface area (Å²) < 4.78 is 5.07. The van der Waals surface area contributed by atoms with Crippen molar-refractivity contribution in [2.24, 2.45) is 5.92 Å². The topological polar surface area (TPSA) is 83.6 Å². The van der Waals surface area contributed by atoms with Crippen LogP contribution in [0.5, 0.6) is 5.75 Å². The smallest absolute Gasteiger partial charge is 0.313 e. The monoisotopic (exact) mass is 382 g/mol. The first-order chi connectivity index (χ1) is 13.6. The van der Waals surface area contributed by atoms with Gasteiger partial charge in [-0.15, -0.1) is 0 Å². The normalized spacial score (nSPS) is 15.0. The van der Waals surface area contributed by atoms with Crippen LogP contribution in [-0.2, 0) is 16.1 Å². The van der Waals surface area contributed by atoms with Gasteiger partial charge in [0.1, 0.15) is 5.75 Å². The second-order valence-corrected chi connectivity index (χ2v) is 6.93. The number of aromatic nitrogens is 1. The van der Waals surface area contributed by atoms with E-state index in [0.29, 0.717) is 23.9 Å². The molecule has 0 saturated carbocycles. The molecule has 0 atom stereocenters. The molecule has 2 N–H and O–H groups in total. The van der Waals surface area contributed by atoms with E-state index in [0.717, 1.165) is 38.2 Å². The Morgan fingerprint density at radius 2 is 1.86 bits per heavy atom. The highest BCUT2D eigenvalue weighted by Gasteiger charge is 2.21. The van der Waals surface area contributed by atoms with Crippen molar-refractivity contribution in [1.82, 2.24) is 15.2 Å². The summed E-state index contributed by atoms with van der Waals surface area (Å²) in [6.45, 7) is 3.31. The van der Waals surface area contributed by atoms with Gasteiger partial charge in [-0.3, -0.25) is 19.5 Å². The Morgan fingerprint density at radius 1 is 1.11 bits per heavy atom. The van der Waals surface area contributed by atoms with Crippen LogP contribution < -0.4 is 15.4 Å². The van der Waals surface area contributed by atoms with E-state index in [1.807, 2.05) is 24.4 Å². The van der Waals surface area contributed by atoms with Gasteiger partial charge in [-0.1, -0.05) is 6.07 Å². The number of pyridine rings is 1. The maximum Gasteiger partial charge on any atom is 0.313 e. The fourth-order valence-corrected chi connectivity index (χ4v) is 3.25. The maximum atomic E-state index is 12.1. The summed E-state index contributed by atoms with van der Waals surface area (Å²) in [4.78, 5) is 30.8. The third-order valence-electron chi connectivity index (χ3n) is 4.92. The summed E-state index contributed by atoms with van der Waals surface area (Å²) in [6, 6.07) is 12.8. The van der Waals surface area contributed by atoms with E-state index in [1.54, 1.807) is 31.4 Å². The van der Waals surface area contributed by atoms with Gasteiger partial charge in [-0.25, -0.2) is 0 Å². The van der Waals surface area contributed by atoms with Crippen molar-refractivity contribution in [1.29, 1.82) is 0 Å². The lowest BCUT2D eigenvalue weighted by Crippen LogP contribution is -2.41. The third-order valence-corrected chi connectivity index (χ3v) is 4.92. The number of carbonyl (C=O) groups is 2. The van der Waals surface area contributed by atoms with Gasteiger partial charge in [0.25, 0.3) is 0 Å². The van der Waals surface area contributed by atoms with Crippen LogP contribution in [0.2, 0.25) is 0 Å². The van der Waals surface area contributed by atoms with Gasteiger partial charge in [-0.05, 0) is 68.2 Å². The summed E-state index contributed by atoms with van der Waals surface area (Å²) in [5.41, 5.74) is 1.63. The molecule has 7 heteroatoms. The van der Waals surface area contributed by atoms with Gasteiger partial charge in [0, 0.05) is 25.0 Å². The molecule has 0 bridgehead atoms. The van der Waals surface area contributed by atoms with Crippen molar-refractivity contribution in [3.8, 4) is 5.75 Å². The highest BCUT2D eigenvalue weighted by atomic mass is 16.5. The molecule has 0 aliphatic carbocycles. The Bertz CT molecular complexity index is 772. The summed E-state index contributed by atoms with van der Waals surface area (Å²) in [7, 11) is 1.57. The number of benzene rings is 1. The van der Waals surface area contributed by atoms with Crippen LogP contribution in [0.3, 0.4) is 0 Å². The lowest BCUT2D eigenvalue weighted by atomic mass is 9.96. The van der Waals surface area contributed by atoms with Gasteiger partial charge in [-0.2, -0.15) is 0 Å². The lowest BCUT2D eigenvalue weighted by molar-refractivity contribution is -0.136. The van der Waals surface area contributed by atoms with Crippen LogP contribution in [-0.4, -0.2) is 48.4 Å². The fourth-order valence-electron chi connectivity index (χ4n) is 3.25. The van der Waals surface area contributed by atoms with Gasteiger partial charge in [0.05, 0.1) is 12.8 Å². The number of amides is 2. The Balaban J connectivity index is 1.37. The highest BCUT2D eigenvalue weighted by molar-refractivity contribution is 6.39. The summed E-state index contributed by atoms with van der Waals surface area (Å²) in [5, 5.41) is 5.35.